The van der Waals surface area contributed by atoms with Crippen molar-refractivity contribution < 1.29 is 27.1 Å². The zero-order valence-electron chi connectivity index (χ0n) is 10.9. The highest BCUT2D eigenvalue weighted by atomic mass is 79.9. The normalized spacial score (nSPS) is 17.6. The molecule has 1 heterocycles. The monoisotopic (exact) mass is 334 g/mol. The molecule has 1 atom stereocenters. The van der Waals surface area contributed by atoms with Gasteiger partial charge in [-0.15, -0.1) is 5.12 Å². The lowest BCUT2D eigenvalue weighted by Gasteiger charge is -2.15. The number of hydrazine groups is 1. The predicted molar refractivity (Wildman–Crippen MR) is 73.9 cm³/mol. The van der Waals surface area contributed by atoms with Crippen molar-refractivity contribution in [3.8, 4) is 5.75 Å². The molecular formula is C14H15BrN4O. The summed E-state index contributed by atoms with van der Waals surface area (Å²) in [5, 5.41) is 16.5. The van der Waals surface area contributed by atoms with Gasteiger partial charge in [0.2, 0.25) is 5.84 Å². The second-order valence-corrected chi connectivity index (χ2v) is 4.37. The van der Waals surface area contributed by atoms with Crippen LogP contribution >= 0.6 is 0 Å². The molecule has 1 aliphatic heterocycles. The molecule has 3 rings (SSSR count). The van der Waals surface area contributed by atoms with E-state index in [9.17, 15) is 5.11 Å². The summed E-state index contributed by atoms with van der Waals surface area (Å²) < 4.78 is 0. The first-order valence-electron chi connectivity index (χ1n) is 6.08. The van der Waals surface area contributed by atoms with E-state index < -0.39 is 0 Å². The van der Waals surface area contributed by atoms with Crippen LogP contribution in [0.5, 0.6) is 5.75 Å². The van der Waals surface area contributed by atoms with Gasteiger partial charge < -0.3 is 22.1 Å². The van der Waals surface area contributed by atoms with Gasteiger partial charge in [0, 0.05) is 19.1 Å². The summed E-state index contributed by atoms with van der Waals surface area (Å²) in [7, 11) is 0. The summed E-state index contributed by atoms with van der Waals surface area (Å²) in [6, 6.07) is 17.0. The van der Waals surface area contributed by atoms with E-state index in [0.29, 0.717) is 0 Å². The zero-order chi connectivity index (χ0) is 13.2. The highest BCUT2D eigenvalue weighted by Crippen LogP contribution is 2.17. The van der Waals surface area contributed by atoms with Crippen molar-refractivity contribution in [2.75, 3.05) is 5.12 Å². The Balaban J connectivity index is 0.00000147. The van der Waals surface area contributed by atoms with E-state index in [-0.39, 0.29) is 22.7 Å². The van der Waals surface area contributed by atoms with Gasteiger partial charge >= 0.3 is 0 Å². The third-order valence-electron chi connectivity index (χ3n) is 2.99. The molecule has 0 saturated carbocycles. The van der Waals surface area contributed by atoms with Gasteiger partial charge in [-0.2, -0.15) is 5.01 Å². The SMILES string of the molecule is CC1=NN(c2ccc(O)cc2)N[NH+]1c1ccccc1.[Br-]. The Labute approximate surface area is 127 Å². The molecule has 0 aromatic heterocycles. The summed E-state index contributed by atoms with van der Waals surface area (Å²) in [6.07, 6.45) is 0. The number of aromatic hydroxyl groups is 1. The van der Waals surface area contributed by atoms with Gasteiger partial charge in [0.15, 0.2) is 5.69 Å². The quantitative estimate of drug-likeness (QED) is 0.606. The van der Waals surface area contributed by atoms with Crippen LogP contribution in [0.2, 0.25) is 0 Å². The Morgan fingerprint density at radius 2 is 1.70 bits per heavy atom. The Bertz CT molecular complexity index is 600. The molecule has 6 heteroatoms. The van der Waals surface area contributed by atoms with E-state index in [4.69, 9.17) is 0 Å². The summed E-state index contributed by atoms with van der Waals surface area (Å²) in [5.74, 6) is 1.18. The maximum atomic E-state index is 9.30. The number of hydrazone groups is 1. The smallest absolute Gasteiger partial charge is 0.243 e. The molecule has 1 unspecified atom stereocenters. The van der Waals surface area contributed by atoms with Crippen molar-refractivity contribution in [3.05, 3.63) is 54.6 Å². The number of anilines is 1. The van der Waals surface area contributed by atoms with Crippen molar-refractivity contribution in [2.24, 2.45) is 5.10 Å². The number of nitrogens with zero attached hydrogens (tertiary/aromatic N) is 2. The third kappa shape index (κ3) is 2.82. The van der Waals surface area contributed by atoms with Crippen LogP contribution in [0, 0.1) is 0 Å². The van der Waals surface area contributed by atoms with Gasteiger partial charge in [-0.25, -0.2) is 0 Å². The highest BCUT2D eigenvalue weighted by Gasteiger charge is 2.27. The van der Waals surface area contributed by atoms with Gasteiger partial charge in [-0.3, -0.25) is 0 Å². The fourth-order valence-corrected chi connectivity index (χ4v) is 2.01. The molecule has 0 saturated heterocycles. The largest absolute Gasteiger partial charge is 1.00 e. The fourth-order valence-electron chi connectivity index (χ4n) is 2.01. The number of hydrogen-bond donors (Lipinski definition) is 3. The van der Waals surface area contributed by atoms with E-state index in [1.807, 2.05) is 49.4 Å². The van der Waals surface area contributed by atoms with Crippen LogP contribution in [0.25, 0.3) is 0 Å². The number of nitrogens with one attached hydrogen (secondary N) is 2. The van der Waals surface area contributed by atoms with Crippen LogP contribution in [0.3, 0.4) is 0 Å². The zero-order valence-corrected chi connectivity index (χ0v) is 12.5. The number of halogens is 1. The van der Waals surface area contributed by atoms with Crippen molar-refractivity contribution in [2.45, 2.75) is 6.92 Å². The molecular weight excluding hydrogens is 320 g/mol. The number of rotatable bonds is 2. The Kier molecular flexibility index (Phi) is 4.39. The van der Waals surface area contributed by atoms with Crippen LogP contribution < -0.4 is 32.6 Å². The number of phenolic OH excluding ortho intramolecular Hbond substituents is 1. The number of hydrogen-bond acceptors (Lipinski definition) is 4. The third-order valence-corrected chi connectivity index (χ3v) is 2.99. The lowest BCUT2D eigenvalue weighted by atomic mass is 10.3. The van der Waals surface area contributed by atoms with Gasteiger partial charge in [0.1, 0.15) is 5.75 Å². The van der Waals surface area contributed by atoms with Crippen molar-refractivity contribution in [3.63, 3.8) is 0 Å². The molecule has 0 amide bonds. The topological polar surface area (TPSA) is 52.3 Å². The van der Waals surface area contributed by atoms with Crippen LogP contribution in [0.15, 0.2) is 59.7 Å². The van der Waals surface area contributed by atoms with Gasteiger partial charge in [-0.1, -0.05) is 23.3 Å². The minimum absolute atomic E-state index is 0. The number of amidine groups is 1. The summed E-state index contributed by atoms with van der Waals surface area (Å²) >= 11 is 0. The lowest BCUT2D eigenvalue weighted by Crippen LogP contribution is -3.15. The molecule has 20 heavy (non-hydrogen) atoms. The van der Waals surface area contributed by atoms with E-state index in [1.54, 1.807) is 17.3 Å². The number of benzene rings is 2. The van der Waals surface area contributed by atoms with E-state index >= 15 is 0 Å². The average molecular weight is 335 g/mol. The predicted octanol–water partition coefficient (Wildman–Crippen LogP) is -1.81. The minimum Gasteiger partial charge on any atom is -1.00 e. The molecule has 5 nitrogen and oxygen atoms in total. The molecule has 1 aliphatic rings. The molecule has 0 bridgehead atoms. The first-order valence-corrected chi connectivity index (χ1v) is 6.08. The maximum absolute atomic E-state index is 9.30. The average Bonchev–Trinajstić information content (AvgIpc) is 2.83. The van der Waals surface area contributed by atoms with Crippen LogP contribution in [-0.2, 0) is 0 Å². The summed E-state index contributed by atoms with van der Waals surface area (Å²) in [4.78, 5) is 0. The molecule has 3 N–H and O–H groups in total. The van der Waals surface area contributed by atoms with Crippen LogP contribution in [0.4, 0.5) is 11.4 Å². The molecule has 104 valence electrons. The fraction of sp³-hybridized carbons (Fsp3) is 0.0714. The van der Waals surface area contributed by atoms with Gasteiger partial charge in [-0.05, 0) is 29.8 Å². The minimum atomic E-state index is 0. The first-order chi connectivity index (χ1) is 9.24. The first kappa shape index (κ1) is 14.5. The molecule has 0 radical (unpaired) electrons. The molecule has 2 aromatic rings. The highest BCUT2D eigenvalue weighted by molar-refractivity contribution is 5.75. The summed E-state index contributed by atoms with van der Waals surface area (Å²) in [5.41, 5.74) is 5.24. The molecule has 0 aliphatic carbocycles. The molecule has 0 fully saturated rings. The second kappa shape index (κ2) is 6.04. The summed E-state index contributed by atoms with van der Waals surface area (Å²) in [6.45, 7) is 1.97. The van der Waals surface area contributed by atoms with Crippen LogP contribution in [0.1, 0.15) is 6.92 Å². The maximum Gasteiger partial charge on any atom is 0.243 e. The van der Waals surface area contributed by atoms with E-state index in [2.05, 4.69) is 10.6 Å². The Morgan fingerprint density at radius 1 is 1.05 bits per heavy atom. The number of para-hydroxylation sites is 1. The molecule has 0 spiro atoms. The van der Waals surface area contributed by atoms with Crippen molar-refractivity contribution in [1.29, 1.82) is 0 Å². The van der Waals surface area contributed by atoms with Gasteiger partial charge in [0.25, 0.3) is 0 Å². The molecule has 2 aromatic carbocycles. The van der Waals surface area contributed by atoms with Gasteiger partial charge in [0.05, 0.1) is 5.69 Å². The van der Waals surface area contributed by atoms with Crippen molar-refractivity contribution >= 4 is 17.2 Å². The Morgan fingerprint density at radius 3 is 2.35 bits per heavy atom. The van der Waals surface area contributed by atoms with E-state index in [1.165, 1.54) is 0 Å². The van der Waals surface area contributed by atoms with E-state index in [0.717, 1.165) is 22.2 Å². The van der Waals surface area contributed by atoms with Crippen LogP contribution in [-0.4, -0.2) is 10.9 Å². The second-order valence-electron chi connectivity index (χ2n) is 4.37. The van der Waals surface area contributed by atoms with Crippen molar-refractivity contribution in [1.82, 2.24) is 5.53 Å². The standard InChI is InChI=1S/C14H14N4O.BrH/c1-11-15-18(13-7-9-14(19)10-8-13)16-17(11)12-5-3-2-4-6-12;/h2-10,16,19H,1H3;1H. The number of phenols is 1. The Hall–Kier alpha value is -1.89. The lowest BCUT2D eigenvalue weighted by molar-refractivity contribution is -0.780. The number of quaternary nitrogens is 1.